The molecule has 1 aliphatic heterocycles. The SMILES string of the molecule is Cc1cccc(C(=O)NCc2ccc(N3CCOCC3)nc2)c1[N+](=O)[O-]. The third kappa shape index (κ3) is 3.97. The van der Waals surface area contributed by atoms with Crippen LogP contribution in [0.4, 0.5) is 11.5 Å². The smallest absolute Gasteiger partial charge is 0.285 e. The summed E-state index contributed by atoms with van der Waals surface area (Å²) in [4.78, 5) is 29.6. The van der Waals surface area contributed by atoms with Gasteiger partial charge in [0, 0.05) is 31.4 Å². The van der Waals surface area contributed by atoms with Gasteiger partial charge in [0.15, 0.2) is 0 Å². The number of para-hydroxylation sites is 1. The molecule has 0 atom stereocenters. The quantitative estimate of drug-likeness (QED) is 0.650. The minimum atomic E-state index is -0.525. The molecule has 3 rings (SSSR count). The second-order valence-electron chi connectivity index (χ2n) is 6.03. The van der Waals surface area contributed by atoms with Crippen LogP contribution < -0.4 is 10.2 Å². The van der Waals surface area contributed by atoms with Gasteiger partial charge in [-0.25, -0.2) is 4.98 Å². The van der Waals surface area contributed by atoms with Crippen molar-refractivity contribution in [2.75, 3.05) is 31.2 Å². The van der Waals surface area contributed by atoms with Gasteiger partial charge in [-0.15, -0.1) is 0 Å². The van der Waals surface area contributed by atoms with Gasteiger partial charge in [-0.2, -0.15) is 0 Å². The summed E-state index contributed by atoms with van der Waals surface area (Å²) in [6.07, 6.45) is 1.70. The van der Waals surface area contributed by atoms with Crippen molar-refractivity contribution in [2.24, 2.45) is 0 Å². The highest BCUT2D eigenvalue weighted by atomic mass is 16.6. The zero-order valence-electron chi connectivity index (χ0n) is 14.5. The molecule has 1 aliphatic rings. The third-order valence-electron chi connectivity index (χ3n) is 4.26. The first-order chi connectivity index (χ1) is 12.6. The molecule has 1 N–H and O–H groups in total. The van der Waals surface area contributed by atoms with Crippen molar-refractivity contribution in [3.05, 3.63) is 63.3 Å². The number of nitro groups is 1. The second-order valence-corrected chi connectivity index (χ2v) is 6.03. The molecule has 136 valence electrons. The summed E-state index contributed by atoms with van der Waals surface area (Å²) in [6, 6.07) is 8.50. The van der Waals surface area contributed by atoms with E-state index < -0.39 is 10.8 Å². The topological polar surface area (TPSA) is 97.6 Å². The summed E-state index contributed by atoms with van der Waals surface area (Å²) >= 11 is 0. The number of nitro benzene ring substituents is 1. The zero-order chi connectivity index (χ0) is 18.5. The molecule has 0 unspecified atom stereocenters. The number of benzene rings is 1. The van der Waals surface area contributed by atoms with Gasteiger partial charge < -0.3 is 15.0 Å². The van der Waals surface area contributed by atoms with E-state index >= 15 is 0 Å². The van der Waals surface area contributed by atoms with Gasteiger partial charge in [0.2, 0.25) is 0 Å². The van der Waals surface area contributed by atoms with Gasteiger partial charge in [0.25, 0.3) is 11.6 Å². The van der Waals surface area contributed by atoms with Gasteiger partial charge >= 0.3 is 0 Å². The first kappa shape index (κ1) is 17.8. The van der Waals surface area contributed by atoms with Crippen molar-refractivity contribution in [1.29, 1.82) is 0 Å². The zero-order valence-corrected chi connectivity index (χ0v) is 14.5. The monoisotopic (exact) mass is 356 g/mol. The molecule has 1 amide bonds. The number of nitrogens with zero attached hydrogens (tertiary/aromatic N) is 3. The standard InChI is InChI=1S/C18H20N4O4/c1-13-3-2-4-15(17(13)22(24)25)18(23)20-12-14-5-6-16(19-11-14)21-7-9-26-10-8-21/h2-6,11H,7-10,12H2,1H3,(H,20,23). The molecule has 8 heteroatoms. The molecule has 0 aliphatic carbocycles. The molecular formula is C18H20N4O4. The number of hydrogen-bond donors (Lipinski definition) is 1. The highest BCUT2D eigenvalue weighted by molar-refractivity contribution is 5.98. The Labute approximate surface area is 150 Å². The minimum Gasteiger partial charge on any atom is -0.378 e. The Hall–Kier alpha value is -3.00. The van der Waals surface area contributed by atoms with E-state index in [1.807, 2.05) is 12.1 Å². The number of morpholine rings is 1. The van der Waals surface area contributed by atoms with E-state index in [1.165, 1.54) is 6.07 Å². The van der Waals surface area contributed by atoms with E-state index in [1.54, 1.807) is 25.3 Å². The van der Waals surface area contributed by atoms with Gasteiger partial charge in [-0.3, -0.25) is 14.9 Å². The predicted octanol–water partition coefficient (Wildman–Crippen LogP) is 2.06. The summed E-state index contributed by atoms with van der Waals surface area (Å²) in [5, 5.41) is 13.9. The lowest BCUT2D eigenvalue weighted by Gasteiger charge is -2.27. The van der Waals surface area contributed by atoms with E-state index in [4.69, 9.17) is 4.74 Å². The average molecular weight is 356 g/mol. The number of amides is 1. The van der Waals surface area contributed by atoms with Crippen molar-refractivity contribution in [2.45, 2.75) is 13.5 Å². The predicted molar refractivity (Wildman–Crippen MR) is 96.3 cm³/mol. The molecule has 0 bridgehead atoms. The molecule has 1 aromatic heterocycles. The molecule has 2 aromatic rings. The Balaban J connectivity index is 1.65. The van der Waals surface area contributed by atoms with Crippen molar-refractivity contribution in [1.82, 2.24) is 10.3 Å². The number of carbonyl (C=O) groups excluding carboxylic acids is 1. The number of pyridine rings is 1. The molecule has 1 aromatic carbocycles. The number of anilines is 1. The first-order valence-corrected chi connectivity index (χ1v) is 8.36. The van der Waals surface area contributed by atoms with Crippen LogP contribution in [0, 0.1) is 17.0 Å². The Morgan fingerprint density at radius 2 is 2.08 bits per heavy atom. The first-order valence-electron chi connectivity index (χ1n) is 8.36. The molecule has 26 heavy (non-hydrogen) atoms. The van der Waals surface area contributed by atoms with Gasteiger partial charge in [-0.05, 0) is 24.6 Å². The van der Waals surface area contributed by atoms with Crippen molar-refractivity contribution < 1.29 is 14.5 Å². The Kier molecular flexibility index (Phi) is 5.43. The van der Waals surface area contributed by atoms with Gasteiger partial charge in [0.1, 0.15) is 11.4 Å². The number of hydrogen-bond acceptors (Lipinski definition) is 6. The van der Waals surface area contributed by atoms with E-state index in [9.17, 15) is 14.9 Å². The van der Waals surface area contributed by atoms with Crippen molar-refractivity contribution >= 4 is 17.4 Å². The number of ether oxygens (including phenoxy) is 1. The molecule has 0 radical (unpaired) electrons. The van der Waals surface area contributed by atoms with Crippen LogP contribution in [-0.4, -0.2) is 42.1 Å². The number of aryl methyl sites for hydroxylation is 1. The largest absolute Gasteiger partial charge is 0.378 e. The van der Waals surface area contributed by atoms with Gasteiger partial charge in [-0.1, -0.05) is 18.2 Å². The fourth-order valence-corrected chi connectivity index (χ4v) is 2.86. The maximum absolute atomic E-state index is 12.4. The van der Waals surface area contributed by atoms with Crippen LogP contribution in [0.25, 0.3) is 0 Å². The Morgan fingerprint density at radius 3 is 2.73 bits per heavy atom. The highest BCUT2D eigenvalue weighted by Gasteiger charge is 2.22. The maximum atomic E-state index is 12.4. The summed E-state index contributed by atoms with van der Waals surface area (Å²) in [7, 11) is 0. The van der Waals surface area contributed by atoms with E-state index in [0.29, 0.717) is 18.8 Å². The molecule has 2 heterocycles. The summed E-state index contributed by atoms with van der Waals surface area (Å²) in [5.74, 6) is 0.398. The molecule has 1 fully saturated rings. The average Bonchev–Trinajstić information content (AvgIpc) is 2.66. The minimum absolute atomic E-state index is 0.0629. The molecule has 0 saturated carbocycles. The van der Waals surface area contributed by atoms with Crippen molar-refractivity contribution in [3.8, 4) is 0 Å². The van der Waals surface area contributed by atoms with Crippen LogP contribution in [0.15, 0.2) is 36.5 Å². The molecule has 8 nitrogen and oxygen atoms in total. The summed E-state index contributed by atoms with van der Waals surface area (Å²) in [6.45, 7) is 4.85. The van der Waals surface area contributed by atoms with Gasteiger partial charge in [0.05, 0.1) is 18.1 Å². The summed E-state index contributed by atoms with van der Waals surface area (Å²) < 4.78 is 5.32. The number of aromatic nitrogens is 1. The Bertz CT molecular complexity index is 801. The number of carbonyl (C=O) groups is 1. The van der Waals surface area contributed by atoms with Crippen LogP contribution in [0.3, 0.4) is 0 Å². The molecular weight excluding hydrogens is 336 g/mol. The van der Waals surface area contributed by atoms with Crippen LogP contribution in [-0.2, 0) is 11.3 Å². The van der Waals surface area contributed by atoms with Crippen LogP contribution >= 0.6 is 0 Å². The van der Waals surface area contributed by atoms with E-state index in [-0.39, 0.29) is 17.8 Å². The van der Waals surface area contributed by atoms with Crippen molar-refractivity contribution in [3.63, 3.8) is 0 Å². The van der Waals surface area contributed by atoms with Crippen LogP contribution in [0.1, 0.15) is 21.5 Å². The summed E-state index contributed by atoms with van der Waals surface area (Å²) in [5.41, 5.74) is 1.18. The number of rotatable bonds is 5. The lowest BCUT2D eigenvalue weighted by Crippen LogP contribution is -2.36. The maximum Gasteiger partial charge on any atom is 0.285 e. The molecule has 0 spiro atoms. The van der Waals surface area contributed by atoms with E-state index in [0.717, 1.165) is 24.5 Å². The lowest BCUT2D eigenvalue weighted by atomic mass is 10.1. The second kappa shape index (κ2) is 7.92. The fourth-order valence-electron chi connectivity index (χ4n) is 2.86. The Morgan fingerprint density at radius 1 is 1.31 bits per heavy atom. The number of nitrogens with one attached hydrogen (secondary N) is 1. The molecule has 1 saturated heterocycles. The van der Waals surface area contributed by atoms with Crippen LogP contribution in [0.2, 0.25) is 0 Å². The third-order valence-corrected chi connectivity index (χ3v) is 4.26. The fraction of sp³-hybridized carbons (Fsp3) is 0.333. The lowest BCUT2D eigenvalue weighted by molar-refractivity contribution is -0.385. The normalized spacial score (nSPS) is 14.1. The van der Waals surface area contributed by atoms with E-state index in [2.05, 4.69) is 15.2 Å². The highest BCUT2D eigenvalue weighted by Crippen LogP contribution is 2.23. The van der Waals surface area contributed by atoms with Crippen LogP contribution in [0.5, 0.6) is 0 Å².